The molecule has 0 spiro atoms. The van der Waals surface area contributed by atoms with Crippen LogP contribution in [-0.4, -0.2) is 30.9 Å². The lowest BCUT2D eigenvalue weighted by Gasteiger charge is -1.99. The van der Waals surface area contributed by atoms with Gasteiger partial charge in [-0.15, -0.1) is 10.2 Å². The van der Waals surface area contributed by atoms with Crippen LogP contribution in [0.4, 0.5) is 0 Å². The number of fused-ring (bicyclic) bond motifs is 1. The highest BCUT2D eigenvalue weighted by atomic mass is 32.2. The van der Waals surface area contributed by atoms with E-state index in [1.54, 1.807) is 0 Å². The number of nitrogens with zero attached hydrogens (tertiary/aromatic N) is 3. The van der Waals surface area contributed by atoms with Crippen molar-refractivity contribution in [2.45, 2.75) is 24.9 Å². The van der Waals surface area contributed by atoms with Crippen LogP contribution in [0, 0.1) is 0 Å². The van der Waals surface area contributed by atoms with Gasteiger partial charge in [0.2, 0.25) is 5.16 Å². The molecular formula is C9H11N5O2S. The Labute approximate surface area is 100 Å². The SMILES string of the molecule is CCCCSc1nnc2c(=O)[nH]c(=O)[nH]c2n1. The summed E-state index contributed by atoms with van der Waals surface area (Å²) in [5, 5.41) is 8.05. The van der Waals surface area contributed by atoms with Crippen molar-refractivity contribution in [1.82, 2.24) is 25.1 Å². The van der Waals surface area contributed by atoms with Gasteiger partial charge in [0.15, 0.2) is 11.2 Å². The van der Waals surface area contributed by atoms with Crippen LogP contribution < -0.4 is 11.2 Å². The Morgan fingerprint density at radius 1 is 1.24 bits per heavy atom. The van der Waals surface area contributed by atoms with Gasteiger partial charge in [-0.2, -0.15) is 0 Å². The lowest BCUT2D eigenvalue weighted by atomic mass is 10.4. The minimum Gasteiger partial charge on any atom is -0.290 e. The zero-order chi connectivity index (χ0) is 12.3. The Hall–Kier alpha value is -1.70. The summed E-state index contributed by atoms with van der Waals surface area (Å²) in [6.45, 7) is 2.09. The topological polar surface area (TPSA) is 104 Å². The summed E-state index contributed by atoms with van der Waals surface area (Å²) in [4.78, 5) is 31.0. The van der Waals surface area contributed by atoms with Crippen molar-refractivity contribution in [2.75, 3.05) is 5.75 Å². The second-order valence-corrected chi connectivity index (χ2v) is 4.46. The molecule has 2 aromatic heterocycles. The van der Waals surface area contributed by atoms with Crippen molar-refractivity contribution in [2.24, 2.45) is 0 Å². The van der Waals surface area contributed by atoms with Crippen molar-refractivity contribution < 1.29 is 0 Å². The first kappa shape index (κ1) is 11.8. The first-order valence-corrected chi connectivity index (χ1v) is 6.19. The zero-order valence-corrected chi connectivity index (χ0v) is 10.0. The van der Waals surface area contributed by atoms with Gasteiger partial charge in [0.25, 0.3) is 5.56 Å². The molecule has 0 fully saturated rings. The summed E-state index contributed by atoms with van der Waals surface area (Å²) >= 11 is 1.45. The van der Waals surface area contributed by atoms with Crippen LogP contribution in [0.1, 0.15) is 19.8 Å². The number of unbranched alkanes of at least 4 members (excludes halogenated alkanes) is 1. The van der Waals surface area contributed by atoms with Crippen molar-refractivity contribution >= 4 is 22.9 Å². The highest BCUT2D eigenvalue weighted by Gasteiger charge is 2.06. The predicted octanol–water partition coefficient (Wildman–Crippen LogP) is 0.294. The average molecular weight is 253 g/mol. The zero-order valence-electron chi connectivity index (χ0n) is 9.19. The minimum atomic E-state index is -0.590. The largest absolute Gasteiger partial charge is 0.327 e. The highest BCUT2D eigenvalue weighted by molar-refractivity contribution is 7.99. The van der Waals surface area contributed by atoms with Gasteiger partial charge in [0.05, 0.1) is 0 Å². The van der Waals surface area contributed by atoms with Crippen LogP contribution in [0.15, 0.2) is 14.7 Å². The van der Waals surface area contributed by atoms with E-state index in [1.165, 1.54) is 11.8 Å². The molecule has 0 aromatic carbocycles. The maximum atomic E-state index is 11.3. The summed E-state index contributed by atoms with van der Waals surface area (Å²) in [7, 11) is 0. The van der Waals surface area contributed by atoms with E-state index in [9.17, 15) is 9.59 Å². The van der Waals surface area contributed by atoms with E-state index < -0.39 is 11.2 Å². The van der Waals surface area contributed by atoms with Crippen molar-refractivity contribution in [3.05, 3.63) is 20.8 Å². The number of hydrogen-bond acceptors (Lipinski definition) is 6. The van der Waals surface area contributed by atoms with E-state index in [4.69, 9.17) is 0 Å². The summed E-state index contributed by atoms with van der Waals surface area (Å²) < 4.78 is 0. The number of H-pyrrole nitrogens is 2. The molecule has 0 aliphatic carbocycles. The van der Waals surface area contributed by atoms with E-state index in [0.717, 1.165) is 18.6 Å². The first-order chi connectivity index (χ1) is 8.20. The van der Waals surface area contributed by atoms with Crippen molar-refractivity contribution in [3.8, 4) is 0 Å². The third-order valence-electron chi connectivity index (χ3n) is 2.07. The minimum absolute atomic E-state index is 0.0458. The second-order valence-electron chi connectivity index (χ2n) is 3.40. The molecule has 2 heterocycles. The molecule has 0 radical (unpaired) electrons. The average Bonchev–Trinajstić information content (AvgIpc) is 2.28. The molecule has 0 aliphatic heterocycles. The molecule has 0 atom stereocenters. The highest BCUT2D eigenvalue weighted by Crippen LogP contribution is 2.14. The molecule has 0 aliphatic rings. The molecule has 17 heavy (non-hydrogen) atoms. The fourth-order valence-corrected chi connectivity index (χ4v) is 2.09. The smallest absolute Gasteiger partial charge is 0.290 e. The van der Waals surface area contributed by atoms with Crippen LogP contribution in [-0.2, 0) is 0 Å². The Bertz CT molecular complexity index is 635. The fourth-order valence-electron chi connectivity index (χ4n) is 1.22. The standard InChI is InChI=1S/C9H11N5O2S/c1-2-3-4-17-9-11-6-5(13-14-9)7(15)12-8(16)10-6/h2-4H2,1H3,(H2,10,11,12,14,15,16). The van der Waals surface area contributed by atoms with Crippen molar-refractivity contribution in [3.63, 3.8) is 0 Å². The first-order valence-electron chi connectivity index (χ1n) is 5.20. The van der Waals surface area contributed by atoms with Crippen LogP contribution in [0.3, 0.4) is 0 Å². The molecule has 8 heteroatoms. The lowest BCUT2D eigenvalue weighted by Crippen LogP contribution is -2.23. The number of rotatable bonds is 4. The molecule has 90 valence electrons. The molecule has 0 amide bonds. The number of aromatic nitrogens is 5. The third-order valence-corrected chi connectivity index (χ3v) is 2.99. The number of nitrogens with one attached hydrogen (secondary N) is 2. The molecule has 2 rings (SSSR count). The van der Waals surface area contributed by atoms with Gasteiger partial charge in [-0.1, -0.05) is 25.1 Å². The molecule has 7 nitrogen and oxygen atoms in total. The van der Waals surface area contributed by atoms with Crippen LogP contribution in [0.5, 0.6) is 0 Å². The fraction of sp³-hybridized carbons (Fsp3) is 0.444. The molecular weight excluding hydrogens is 242 g/mol. The normalized spacial score (nSPS) is 10.9. The van der Waals surface area contributed by atoms with Gasteiger partial charge < -0.3 is 0 Å². The Kier molecular flexibility index (Phi) is 3.52. The number of hydrogen-bond donors (Lipinski definition) is 2. The Balaban J connectivity index is 2.37. The third kappa shape index (κ3) is 2.70. The van der Waals surface area contributed by atoms with Gasteiger partial charge in [-0.25, -0.2) is 9.78 Å². The Morgan fingerprint density at radius 3 is 2.82 bits per heavy atom. The summed E-state index contributed by atoms with van der Waals surface area (Å²) in [5.74, 6) is 0.886. The molecule has 0 saturated heterocycles. The number of aromatic amines is 2. The monoisotopic (exact) mass is 253 g/mol. The summed E-state index contributed by atoms with van der Waals surface area (Å²) in [5.41, 5.74) is -0.946. The molecule has 2 N–H and O–H groups in total. The lowest BCUT2D eigenvalue weighted by molar-refractivity contribution is 0.847. The van der Waals surface area contributed by atoms with Crippen LogP contribution in [0.25, 0.3) is 11.2 Å². The predicted molar refractivity (Wildman–Crippen MR) is 64.2 cm³/mol. The van der Waals surface area contributed by atoms with Gasteiger partial charge >= 0.3 is 5.69 Å². The molecule has 0 unspecified atom stereocenters. The second kappa shape index (κ2) is 5.09. The van der Waals surface area contributed by atoms with Gasteiger partial charge in [-0.05, 0) is 6.42 Å². The van der Waals surface area contributed by atoms with Crippen LogP contribution in [0.2, 0.25) is 0 Å². The maximum absolute atomic E-state index is 11.3. The quantitative estimate of drug-likeness (QED) is 0.599. The van der Waals surface area contributed by atoms with Gasteiger partial charge in [0.1, 0.15) is 0 Å². The van der Waals surface area contributed by atoms with E-state index in [-0.39, 0.29) is 11.2 Å². The summed E-state index contributed by atoms with van der Waals surface area (Å²) in [6.07, 6.45) is 2.14. The molecule has 0 saturated carbocycles. The van der Waals surface area contributed by atoms with E-state index in [0.29, 0.717) is 5.16 Å². The van der Waals surface area contributed by atoms with Gasteiger partial charge in [-0.3, -0.25) is 14.8 Å². The van der Waals surface area contributed by atoms with E-state index in [1.807, 2.05) is 0 Å². The Morgan fingerprint density at radius 2 is 2.06 bits per heavy atom. The van der Waals surface area contributed by atoms with E-state index >= 15 is 0 Å². The van der Waals surface area contributed by atoms with E-state index in [2.05, 4.69) is 32.1 Å². The van der Waals surface area contributed by atoms with Crippen LogP contribution >= 0.6 is 11.8 Å². The van der Waals surface area contributed by atoms with Gasteiger partial charge in [0, 0.05) is 5.75 Å². The maximum Gasteiger partial charge on any atom is 0.327 e. The molecule has 0 bridgehead atoms. The number of thioether (sulfide) groups is 1. The molecule has 2 aromatic rings. The summed E-state index contributed by atoms with van der Waals surface area (Å²) in [6, 6.07) is 0. The van der Waals surface area contributed by atoms with Crippen molar-refractivity contribution in [1.29, 1.82) is 0 Å².